The van der Waals surface area contributed by atoms with E-state index in [4.69, 9.17) is 32.7 Å². The number of amides is 1. The van der Waals surface area contributed by atoms with Gasteiger partial charge in [-0.1, -0.05) is 41.4 Å². The van der Waals surface area contributed by atoms with E-state index in [2.05, 4.69) is 10.3 Å². The van der Waals surface area contributed by atoms with Gasteiger partial charge in [0.2, 0.25) is 0 Å². The third-order valence-electron chi connectivity index (χ3n) is 4.94. The maximum atomic E-state index is 13.0. The fourth-order valence-electron chi connectivity index (χ4n) is 3.15. The summed E-state index contributed by atoms with van der Waals surface area (Å²) in [7, 11) is 1.50. The molecule has 5 nitrogen and oxygen atoms in total. The van der Waals surface area contributed by atoms with Crippen LogP contribution in [0.3, 0.4) is 0 Å². The topological polar surface area (TPSA) is 59.9 Å². The number of nitrogens with zero attached hydrogens (tertiary/aromatic N) is 1. The van der Waals surface area contributed by atoms with Crippen molar-refractivity contribution in [3.8, 4) is 11.5 Å². The van der Waals surface area contributed by atoms with Crippen LogP contribution in [0.25, 0.3) is 6.08 Å². The van der Waals surface area contributed by atoms with E-state index in [1.807, 2.05) is 12.1 Å². The lowest BCUT2D eigenvalue weighted by Gasteiger charge is -2.11. The van der Waals surface area contributed by atoms with E-state index >= 15 is 0 Å². The number of hydrogen-bond donors (Lipinski definition) is 1. The Kier molecular flexibility index (Phi) is 7.82. The van der Waals surface area contributed by atoms with Gasteiger partial charge in [0.05, 0.1) is 28.3 Å². The summed E-state index contributed by atoms with van der Waals surface area (Å²) in [5, 5.41) is 3.32. The van der Waals surface area contributed by atoms with Crippen LogP contribution in [0, 0.1) is 0 Å². The summed E-state index contributed by atoms with van der Waals surface area (Å²) in [6.45, 7) is 0.310. The van der Waals surface area contributed by atoms with Crippen molar-refractivity contribution in [2.24, 2.45) is 4.99 Å². The van der Waals surface area contributed by atoms with E-state index in [9.17, 15) is 18.0 Å². The molecular weight excluding hydrogens is 536 g/mol. The van der Waals surface area contributed by atoms with Gasteiger partial charge < -0.3 is 14.8 Å². The molecule has 0 aromatic heterocycles. The number of carbonyl (C=O) groups excluding carboxylic acids is 1. The Morgan fingerprint density at radius 2 is 1.78 bits per heavy atom. The number of halogens is 5. The largest absolute Gasteiger partial charge is 0.493 e. The summed E-state index contributed by atoms with van der Waals surface area (Å²) in [5.74, 6) is 0.537. The highest BCUT2D eigenvalue weighted by molar-refractivity contribution is 8.18. The monoisotopic (exact) mass is 552 g/mol. The van der Waals surface area contributed by atoms with E-state index in [-0.39, 0.29) is 15.9 Å². The van der Waals surface area contributed by atoms with E-state index in [0.717, 1.165) is 35.5 Å². The fraction of sp³-hybridized carbons (Fsp3) is 0.120. The molecule has 0 atom stereocenters. The van der Waals surface area contributed by atoms with Gasteiger partial charge in [0.1, 0.15) is 6.61 Å². The highest BCUT2D eigenvalue weighted by Gasteiger charge is 2.31. The second kappa shape index (κ2) is 10.9. The van der Waals surface area contributed by atoms with Gasteiger partial charge in [-0.2, -0.15) is 13.2 Å². The molecule has 0 aliphatic carbocycles. The molecule has 1 N–H and O–H groups in total. The standard InChI is InChI=1S/C25H17Cl2F3N2O3S/c1-34-21-10-15(4-9-20(21)35-13-14-2-6-17(26)7-3-14)11-22-23(33)32-24(36-22)31-19-12-16(25(28,29)30)5-8-18(19)27/h2-12H,13H2,1H3,(H,31,32,33). The molecule has 3 aromatic rings. The van der Waals surface area contributed by atoms with Crippen LogP contribution < -0.4 is 14.8 Å². The molecule has 1 aliphatic heterocycles. The summed E-state index contributed by atoms with van der Waals surface area (Å²) in [6, 6.07) is 15.2. The summed E-state index contributed by atoms with van der Waals surface area (Å²) in [6.07, 6.45) is -2.93. The number of alkyl halides is 3. The minimum absolute atomic E-state index is 0.0294. The highest BCUT2D eigenvalue weighted by Crippen LogP contribution is 2.37. The number of hydrogen-bond acceptors (Lipinski definition) is 5. The van der Waals surface area contributed by atoms with Crippen LogP contribution >= 0.6 is 35.0 Å². The van der Waals surface area contributed by atoms with Gasteiger partial charge in [0.15, 0.2) is 16.7 Å². The summed E-state index contributed by atoms with van der Waals surface area (Å²) in [5.41, 5.74) is 0.599. The van der Waals surface area contributed by atoms with Crippen molar-refractivity contribution in [2.45, 2.75) is 12.8 Å². The maximum Gasteiger partial charge on any atom is 0.416 e. The Labute approximate surface area is 218 Å². The zero-order valence-corrected chi connectivity index (χ0v) is 20.9. The average molecular weight is 553 g/mol. The molecule has 0 radical (unpaired) electrons. The van der Waals surface area contributed by atoms with Crippen molar-refractivity contribution in [3.05, 3.63) is 92.3 Å². The second-order valence-electron chi connectivity index (χ2n) is 7.47. The lowest BCUT2D eigenvalue weighted by Crippen LogP contribution is -2.19. The van der Waals surface area contributed by atoms with Crippen LogP contribution in [-0.2, 0) is 17.6 Å². The molecule has 1 amide bonds. The molecule has 186 valence electrons. The molecule has 0 spiro atoms. The molecule has 11 heteroatoms. The molecule has 3 aromatic carbocycles. The predicted molar refractivity (Wildman–Crippen MR) is 136 cm³/mol. The Morgan fingerprint density at radius 3 is 2.47 bits per heavy atom. The van der Waals surface area contributed by atoms with Crippen LogP contribution in [0.5, 0.6) is 11.5 Å². The first-order valence-corrected chi connectivity index (χ1v) is 11.9. The van der Waals surface area contributed by atoms with Crippen LogP contribution in [-0.4, -0.2) is 18.2 Å². The fourth-order valence-corrected chi connectivity index (χ4v) is 4.27. The predicted octanol–water partition coefficient (Wildman–Crippen LogP) is 7.49. The molecular formula is C25H17Cl2F3N2O3S. The van der Waals surface area contributed by atoms with Crippen LogP contribution in [0.1, 0.15) is 16.7 Å². The number of benzene rings is 3. The lowest BCUT2D eigenvalue weighted by atomic mass is 10.2. The quantitative estimate of drug-likeness (QED) is 0.322. The Balaban J connectivity index is 1.51. The van der Waals surface area contributed by atoms with Crippen LogP contribution in [0.4, 0.5) is 18.9 Å². The number of thioether (sulfide) groups is 1. The van der Waals surface area contributed by atoms with E-state index in [0.29, 0.717) is 33.6 Å². The van der Waals surface area contributed by atoms with Gasteiger partial charge in [-0.3, -0.25) is 4.79 Å². The number of amidine groups is 1. The zero-order chi connectivity index (χ0) is 25.9. The first kappa shape index (κ1) is 25.9. The Morgan fingerprint density at radius 1 is 1.03 bits per heavy atom. The van der Waals surface area contributed by atoms with E-state index < -0.39 is 17.6 Å². The number of rotatable bonds is 6. The smallest absolute Gasteiger partial charge is 0.416 e. The average Bonchev–Trinajstić information content (AvgIpc) is 3.18. The normalized spacial score (nSPS) is 15.9. The lowest BCUT2D eigenvalue weighted by molar-refractivity contribution is -0.137. The van der Waals surface area contributed by atoms with Gasteiger partial charge >= 0.3 is 6.18 Å². The molecule has 1 saturated heterocycles. The summed E-state index contributed by atoms with van der Waals surface area (Å²) < 4.78 is 50.3. The molecule has 1 aliphatic rings. The van der Waals surface area contributed by atoms with Crippen molar-refractivity contribution in [3.63, 3.8) is 0 Å². The highest BCUT2D eigenvalue weighted by atomic mass is 35.5. The number of nitrogens with one attached hydrogen (secondary N) is 1. The molecule has 0 unspecified atom stereocenters. The summed E-state index contributed by atoms with van der Waals surface area (Å²) >= 11 is 12.9. The van der Waals surface area contributed by atoms with Crippen LogP contribution in [0.15, 0.2) is 70.6 Å². The van der Waals surface area contributed by atoms with E-state index in [1.165, 1.54) is 7.11 Å². The minimum Gasteiger partial charge on any atom is -0.493 e. The molecule has 0 saturated carbocycles. The molecule has 36 heavy (non-hydrogen) atoms. The number of carbonyl (C=O) groups is 1. The van der Waals surface area contributed by atoms with Gasteiger partial charge in [-0.25, -0.2) is 4.99 Å². The van der Waals surface area contributed by atoms with Gasteiger partial charge in [-0.05, 0) is 71.4 Å². The third-order valence-corrected chi connectivity index (χ3v) is 6.42. The maximum absolute atomic E-state index is 13.0. The first-order chi connectivity index (χ1) is 17.1. The second-order valence-corrected chi connectivity index (χ2v) is 9.35. The third kappa shape index (κ3) is 6.34. The van der Waals surface area contributed by atoms with Crippen molar-refractivity contribution >= 4 is 57.8 Å². The van der Waals surface area contributed by atoms with Gasteiger partial charge in [0, 0.05) is 5.02 Å². The van der Waals surface area contributed by atoms with Crippen molar-refractivity contribution < 1.29 is 27.4 Å². The van der Waals surface area contributed by atoms with E-state index in [1.54, 1.807) is 36.4 Å². The molecule has 4 rings (SSSR count). The number of methoxy groups -OCH3 is 1. The Bertz CT molecular complexity index is 1360. The molecule has 0 bridgehead atoms. The first-order valence-electron chi connectivity index (χ1n) is 10.3. The van der Waals surface area contributed by atoms with Crippen LogP contribution in [0.2, 0.25) is 10.0 Å². The Hall–Kier alpha value is -3.14. The molecule has 1 heterocycles. The van der Waals surface area contributed by atoms with Gasteiger partial charge in [0.25, 0.3) is 5.91 Å². The van der Waals surface area contributed by atoms with Crippen molar-refractivity contribution in [1.29, 1.82) is 0 Å². The zero-order valence-electron chi connectivity index (χ0n) is 18.5. The summed E-state index contributed by atoms with van der Waals surface area (Å²) in [4.78, 5) is 16.8. The SMILES string of the molecule is COc1cc(C=C2SC(=Nc3cc(C(F)(F)F)ccc3Cl)NC2=O)ccc1OCc1ccc(Cl)cc1. The van der Waals surface area contributed by atoms with Gasteiger partial charge in [-0.15, -0.1) is 0 Å². The number of aliphatic imine (C=N–C) groups is 1. The van der Waals surface area contributed by atoms with Crippen molar-refractivity contribution in [1.82, 2.24) is 5.32 Å². The number of ether oxygens (including phenoxy) is 2. The minimum atomic E-state index is -4.54. The molecule has 1 fully saturated rings. The van der Waals surface area contributed by atoms with Crippen molar-refractivity contribution in [2.75, 3.05) is 7.11 Å².